The number of aromatic nitrogens is 1. The Labute approximate surface area is 281 Å². The fourth-order valence-corrected chi connectivity index (χ4v) is 7.16. The van der Waals surface area contributed by atoms with Crippen LogP contribution in [-0.2, 0) is 30.3 Å². The zero-order chi connectivity index (χ0) is 31.0. The summed E-state index contributed by atoms with van der Waals surface area (Å²) in [6.07, 6.45) is 7.95. The van der Waals surface area contributed by atoms with Crippen LogP contribution in [0.1, 0.15) is 96.3 Å². The molecule has 45 heavy (non-hydrogen) atoms. The Morgan fingerprint density at radius 2 is 1.67 bits per heavy atom. The van der Waals surface area contributed by atoms with Gasteiger partial charge in [0.2, 0.25) is 0 Å². The molecule has 1 radical (unpaired) electrons. The number of ketones is 1. The van der Waals surface area contributed by atoms with Crippen LogP contribution >= 0.6 is 0 Å². The van der Waals surface area contributed by atoms with Gasteiger partial charge in [0.15, 0.2) is 5.78 Å². The zero-order valence-electron chi connectivity index (χ0n) is 27.2. The molecule has 1 saturated carbocycles. The van der Waals surface area contributed by atoms with Gasteiger partial charge in [-0.1, -0.05) is 115 Å². The summed E-state index contributed by atoms with van der Waals surface area (Å²) < 4.78 is 6.36. The molecule has 2 heterocycles. The largest absolute Gasteiger partial charge is 0.685 e. The van der Waals surface area contributed by atoms with Gasteiger partial charge in [-0.25, -0.2) is 0 Å². The summed E-state index contributed by atoms with van der Waals surface area (Å²) in [6, 6.07) is 27.2. The molecule has 0 amide bonds. The number of benzene rings is 3. The van der Waals surface area contributed by atoms with Crippen molar-refractivity contribution < 1.29 is 29.3 Å². The summed E-state index contributed by atoms with van der Waals surface area (Å²) in [6.45, 7) is 12.6. The number of carbonyl (C=O) groups excluding carboxylic acids is 1. The number of nitrogens with zero attached hydrogens (tertiary/aromatic N) is 2. The summed E-state index contributed by atoms with van der Waals surface area (Å²) in [7, 11) is 0. The Morgan fingerprint density at radius 3 is 2.38 bits per heavy atom. The van der Waals surface area contributed by atoms with Crippen molar-refractivity contribution in [2.24, 2.45) is 0 Å². The minimum absolute atomic E-state index is 0. The first-order chi connectivity index (χ1) is 21.1. The third-order valence-electron chi connectivity index (χ3n) is 9.09. The second kappa shape index (κ2) is 13.4. The average Bonchev–Trinajstić information content (AvgIpc) is 3.50. The van der Waals surface area contributed by atoms with Crippen molar-refractivity contribution in [2.75, 3.05) is 0 Å². The number of fused-ring (bicyclic) bond motifs is 6. The Morgan fingerprint density at radius 1 is 0.978 bits per heavy atom. The number of pyridine rings is 1. The van der Waals surface area contributed by atoms with Crippen LogP contribution in [0, 0.1) is 6.07 Å². The third kappa shape index (κ3) is 6.44. The topological polar surface area (TPSA) is 57.2 Å². The SMILES string of the molecule is CC(=O)/C=C(/C)[N-]C1CCCCC1.CC(C)c1cc(-c2[c-]ccc3c2C(C)(C)c2c-3oc3ccccc23)nc2ccccc12.[Ir]. The van der Waals surface area contributed by atoms with Gasteiger partial charge in [0.05, 0.1) is 5.52 Å². The van der Waals surface area contributed by atoms with E-state index in [1.54, 1.807) is 13.0 Å². The predicted molar refractivity (Wildman–Crippen MR) is 182 cm³/mol. The first kappa shape index (κ1) is 32.9. The van der Waals surface area contributed by atoms with Gasteiger partial charge in [0.1, 0.15) is 11.3 Å². The van der Waals surface area contributed by atoms with Crippen LogP contribution in [0.2, 0.25) is 0 Å². The van der Waals surface area contributed by atoms with Gasteiger partial charge >= 0.3 is 0 Å². The van der Waals surface area contributed by atoms with E-state index < -0.39 is 0 Å². The molecule has 0 saturated heterocycles. The van der Waals surface area contributed by atoms with Crippen LogP contribution in [0.25, 0.3) is 49.8 Å². The van der Waals surface area contributed by atoms with Crippen LogP contribution in [0.3, 0.4) is 0 Å². The van der Waals surface area contributed by atoms with E-state index in [2.05, 4.69) is 93.7 Å². The summed E-state index contributed by atoms with van der Waals surface area (Å²) in [5.74, 6) is 1.49. The molecule has 2 aliphatic rings. The minimum Gasteiger partial charge on any atom is -0.685 e. The number of hydrogen-bond acceptors (Lipinski definition) is 3. The molecular weight excluding hydrogens is 733 g/mol. The molecule has 0 N–H and O–H groups in total. The smallest absolute Gasteiger partial charge is 0.151 e. The van der Waals surface area contributed by atoms with Crippen molar-refractivity contribution in [1.29, 1.82) is 0 Å². The number of para-hydroxylation sites is 2. The van der Waals surface area contributed by atoms with Gasteiger partial charge in [-0.2, -0.15) is 5.70 Å². The van der Waals surface area contributed by atoms with E-state index in [1.807, 2.05) is 19.1 Å². The van der Waals surface area contributed by atoms with Crippen molar-refractivity contribution in [3.05, 3.63) is 107 Å². The molecule has 7 rings (SSSR count). The standard InChI is InChI=1S/C29H24NO.C11H19NO.Ir/c1-17(2)22-16-24(30-23-14-7-5-10-18(22)23)19-12-9-13-21-26(19)29(3,4)27-20-11-6-8-15-25(20)31-28(21)27;1-9(8-10(2)13)12-11-6-4-3-5-7-11;/h5-11,13-17H,1-4H3;8,11H,3-7H2,1-2H3,(H,12,13);/q-1;;/p-1. The maximum absolute atomic E-state index is 10.8. The van der Waals surface area contributed by atoms with Gasteiger partial charge in [0, 0.05) is 36.4 Å². The van der Waals surface area contributed by atoms with Crippen molar-refractivity contribution >= 4 is 27.7 Å². The normalized spacial score (nSPS) is 15.7. The first-order valence-electron chi connectivity index (χ1n) is 16.0. The Balaban J connectivity index is 0.000000243. The molecule has 0 atom stereocenters. The van der Waals surface area contributed by atoms with E-state index in [1.165, 1.54) is 59.6 Å². The van der Waals surface area contributed by atoms with Gasteiger partial charge < -0.3 is 9.73 Å². The van der Waals surface area contributed by atoms with E-state index in [0.717, 1.165) is 39.4 Å². The summed E-state index contributed by atoms with van der Waals surface area (Å²) in [5.41, 5.74) is 9.74. The molecule has 1 fully saturated rings. The summed E-state index contributed by atoms with van der Waals surface area (Å²) in [5, 5.41) is 6.94. The molecule has 2 aromatic heterocycles. The van der Waals surface area contributed by atoms with E-state index >= 15 is 0 Å². The van der Waals surface area contributed by atoms with E-state index in [-0.39, 0.29) is 31.3 Å². The molecule has 4 nitrogen and oxygen atoms in total. The van der Waals surface area contributed by atoms with Crippen LogP contribution in [-0.4, -0.2) is 16.8 Å². The first-order valence-corrected chi connectivity index (χ1v) is 16.0. The Hall–Kier alpha value is -3.53. The molecule has 0 unspecified atom stereocenters. The van der Waals surface area contributed by atoms with E-state index in [4.69, 9.17) is 9.40 Å². The number of hydrogen-bond donors (Lipinski definition) is 0. The maximum atomic E-state index is 10.8. The number of allylic oxidation sites excluding steroid dienone is 2. The van der Waals surface area contributed by atoms with Crippen LogP contribution in [0.5, 0.6) is 0 Å². The summed E-state index contributed by atoms with van der Waals surface area (Å²) in [4.78, 5) is 15.8. The third-order valence-corrected chi connectivity index (χ3v) is 9.09. The molecule has 2 aliphatic carbocycles. The second-order valence-electron chi connectivity index (χ2n) is 13.2. The second-order valence-corrected chi connectivity index (χ2v) is 13.2. The van der Waals surface area contributed by atoms with Crippen LogP contribution < -0.4 is 0 Å². The number of carbonyl (C=O) groups is 1. The minimum atomic E-state index is -0.199. The van der Waals surface area contributed by atoms with Crippen molar-refractivity contribution in [1.82, 2.24) is 4.98 Å². The fourth-order valence-electron chi connectivity index (χ4n) is 7.16. The van der Waals surface area contributed by atoms with Crippen LogP contribution in [0.4, 0.5) is 0 Å². The molecule has 5 aromatic rings. The Kier molecular flexibility index (Phi) is 9.82. The average molecular weight is 775 g/mol. The van der Waals surface area contributed by atoms with Gasteiger partial charge in [0.25, 0.3) is 0 Å². The van der Waals surface area contributed by atoms with Crippen molar-refractivity contribution in [2.45, 2.75) is 91.0 Å². The van der Waals surface area contributed by atoms with Gasteiger partial charge in [-0.3, -0.25) is 9.78 Å². The Bertz CT molecular complexity index is 1870. The summed E-state index contributed by atoms with van der Waals surface area (Å²) >= 11 is 0. The van der Waals surface area contributed by atoms with Gasteiger partial charge in [-0.05, 0) is 47.7 Å². The van der Waals surface area contributed by atoms with Crippen LogP contribution in [0.15, 0.2) is 82.9 Å². The molecule has 0 spiro atoms. The predicted octanol–water partition coefficient (Wildman–Crippen LogP) is 11.1. The van der Waals surface area contributed by atoms with Crippen molar-refractivity contribution in [3.63, 3.8) is 0 Å². The monoisotopic (exact) mass is 775 g/mol. The molecular formula is C40H42IrN2O2-2. The van der Waals surface area contributed by atoms with E-state index in [0.29, 0.717) is 12.0 Å². The zero-order valence-corrected chi connectivity index (χ0v) is 29.6. The number of rotatable bonds is 5. The van der Waals surface area contributed by atoms with Gasteiger partial charge in [-0.15, -0.1) is 35.4 Å². The van der Waals surface area contributed by atoms with Crippen molar-refractivity contribution in [3.8, 4) is 22.6 Å². The molecule has 0 aliphatic heterocycles. The quantitative estimate of drug-likeness (QED) is 0.132. The molecule has 0 bridgehead atoms. The molecule has 3 aromatic carbocycles. The molecule has 5 heteroatoms. The van der Waals surface area contributed by atoms with E-state index in [9.17, 15) is 4.79 Å². The molecule has 235 valence electrons. The maximum Gasteiger partial charge on any atom is 0.151 e. The number of furan rings is 1. The fraction of sp³-hybridized carbons (Fsp3) is 0.350.